The molecule has 0 spiro atoms. The lowest BCUT2D eigenvalue weighted by molar-refractivity contribution is 0.415. The molecule has 1 aromatic carbocycles. The van der Waals surface area contributed by atoms with Crippen molar-refractivity contribution in [1.29, 1.82) is 0 Å². The zero-order valence-corrected chi connectivity index (χ0v) is 12.6. The van der Waals surface area contributed by atoms with Crippen molar-refractivity contribution < 1.29 is 13.2 Å². The highest BCUT2D eigenvalue weighted by Gasteiger charge is 2.15. The third-order valence-electron chi connectivity index (χ3n) is 2.41. The van der Waals surface area contributed by atoms with E-state index in [-0.39, 0.29) is 10.0 Å². The Kier molecular flexibility index (Phi) is 4.37. The Bertz CT molecular complexity index is 718. The molecule has 0 atom stereocenters. The molecular weight excluding hydrogens is 323 g/mol. The highest BCUT2D eigenvalue weighted by Crippen LogP contribution is 2.28. The van der Waals surface area contributed by atoms with Crippen LogP contribution in [-0.2, 0) is 10.0 Å². The first-order valence-electron chi connectivity index (χ1n) is 5.40. The van der Waals surface area contributed by atoms with Crippen LogP contribution in [0.25, 0.3) is 0 Å². The molecule has 0 bridgehead atoms. The number of nitrogens with zero attached hydrogens (tertiary/aromatic N) is 1. The van der Waals surface area contributed by atoms with E-state index in [9.17, 15) is 8.42 Å². The number of sulfonamides is 1. The average Bonchev–Trinajstić information content (AvgIpc) is 2.41. The van der Waals surface area contributed by atoms with Gasteiger partial charge in [0, 0.05) is 12.3 Å². The Balaban J connectivity index is 2.30. The van der Waals surface area contributed by atoms with Crippen molar-refractivity contribution >= 4 is 38.9 Å². The van der Waals surface area contributed by atoms with E-state index in [1.165, 1.54) is 37.6 Å². The lowest BCUT2D eigenvalue weighted by Gasteiger charge is -2.10. The number of halogens is 2. The van der Waals surface area contributed by atoms with Gasteiger partial charge in [-0.15, -0.1) is 0 Å². The first-order valence-corrected chi connectivity index (χ1v) is 7.64. The van der Waals surface area contributed by atoms with E-state index in [2.05, 4.69) is 9.71 Å². The normalized spacial score (nSPS) is 11.2. The second-order valence-corrected chi connectivity index (χ2v) is 6.25. The molecule has 0 saturated carbocycles. The van der Waals surface area contributed by atoms with E-state index >= 15 is 0 Å². The minimum atomic E-state index is -3.74. The zero-order valence-electron chi connectivity index (χ0n) is 10.3. The lowest BCUT2D eigenvalue weighted by atomic mass is 10.3. The quantitative estimate of drug-likeness (QED) is 0.873. The molecule has 1 N–H and O–H groups in total. The van der Waals surface area contributed by atoms with Crippen molar-refractivity contribution in [2.24, 2.45) is 0 Å². The molecule has 1 aromatic heterocycles. The third-order valence-corrected chi connectivity index (χ3v) is 4.32. The number of benzene rings is 1. The second kappa shape index (κ2) is 5.87. The molecule has 0 fully saturated rings. The number of methoxy groups -OCH3 is 1. The molecular formula is C12H10Cl2N2O3S. The molecule has 8 heteroatoms. The molecule has 0 saturated heterocycles. The summed E-state index contributed by atoms with van der Waals surface area (Å²) in [7, 11) is -2.29. The van der Waals surface area contributed by atoms with Gasteiger partial charge in [-0.25, -0.2) is 13.4 Å². The molecule has 20 heavy (non-hydrogen) atoms. The molecule has 0 aliphatic heterocycles. The monoisotopic (exact) mass is 332 g/mol. The predicted molar refractivity (Wildman–Crippen MR) is 78.1 cm³/mol. The van der Waals surface area contributed by atoms with Crippen LogP contribution < -0.4 is 9.46 Å². The van der Waals surface area contributed by atoms with Gasteiger partial charge in [0.05, 0.1) is 17.8 Å². The Morgan fingerprint density at radius 2 is 1.95 bits per heavy atom. The van der Waals surface area contributed by atoms with Gasteiger partial charge in [-0.05, 0) is 24.3 Å². The van der Waals surface area contributed by atoms with Crippen molar-refractivity contribution in [3.63, 3.8) is 0 Å². The van der Waals surface area contributed by atoms with Crippen LogP contribution in [0.2, 0.25) is 10.2 Å². The Hall–Kier alpha value is -1.50. The van der Waals surface area contributed by atoms with Crippen molar-refractivity contribution in [2.75, 3.05) is 11.8 Å². The second-order valence-electron chi connectivity index (χ2n) is 3.77. The van der Waals surface area contributed by atoms with Crippen molar-refractivity contribution in [1.82, 2.24) is 4.98 Å². The number of ether oxygens (including phenoxy) is 1. The molecule has 0 amide bonds. The highest BCUT2D eigenvalue weighted by atomic mass is 35.5. The number of aromatic nitrogens is 1. The van der Waals surface area contributed by atoms with Gasteiger partial charge >= 0.3 is 0 Å². The number of nitrogens with one attached hydrogen (secondary N) is 1. The Labute approximate surface area is 126 Å². The van der Waals surface area contributed by atoms with Gasteiger partial charge in [-0.2, -0.15) is 0 Å². The maximum absolute atomic E-state index is 12.1. The molecule has 1 heterocycles. The van der Waals surface area contributed by atoms with E-state index < -0.39 is 10.0 Å². The van der Waals surface area contributed by atoms with E-state index in [0.717, 1.165) is 0 Å². The Morgan fingerprint density at radius 3 is 2.55 bits per heavy atom. The maximum Gasteiger partial charge on any atom is 0.263 e. The van der Waals surface area contributed by atoms with Gasteiger partial charge in [0.1, 0.15) is 15.8 Å². The van der Waals surface area contributed by atoms with Gasteiger partial charge in [0.2, 0.25) is 0 Å². The topological polar surface area (TPSA) is 68.3 Å². The van der Waals surface area contributed by atoms with E-state index in [1.54, 1.807) is 6.07 Å². The number of rotatable bonds is 4. The van der Waals surface area contributed by atoms with Crippen LogP contribution in [0.5, 0.6) is 5.75 Å². The summed E-state index contributed by atoms with van der Waals surface area (Å²) in [5.74, 6) is 0.376. The first kappa shape index (κ1) is 14.9. The van der Waals surface area contributed by atoms with Gasteiger partial charge in [0.25, 0.3) is 10.0 Å². The van der Waals surface area contributed by atoms with Gasteiger partial charge in [-0.1, -0.05) is 23.2 Å². The van der Waals surface area contributed by atoms with Crippen LogP contribution in [-0.4, -0.2) is 20.5 Å². The SMILES string of the molecule is COc1cc(NS(=O)(=O)c2ccc(Cl)nc2)ccc1Cl. The van der Waals surface area contributed by atoms with Crippen molar-refractivity contribution in [2.45, 2.75) is 4.90 Å². The number of hydrogen-bond donors (Lipinski definition) is 1. The smallest absolute Gasteiger partial charge is 0.263 e. The van der Waals surface area contributed by atoms with E-state index in [0.29, 0.717) is 16.5 Å². The highest BCUT2D eigenvalue weighted by molar-refractivity contribution is 7.92. The molecule has 2 rings (SSSR count). The van der Waals surface area contributed by atoms with Crippen LogP contribution in [0.3, 0.4) is 0 Å². The first-order chi connectivity index (χ1) is 9.42. The van der Waals surface area contributed by atoms with Crippen LogP contribution >= 0.6 is 23.2 Å². The van der Waals surface area contributed by atoms with Crippen LogP contribution in [0.4, 0.5) is 5.69 Å². The zero-order chi connectivity index (χ0) is 14.8. The van der Waals surface area contributed by atoms with Gasteiger partial charge < -0.3 is 4.74 Å². The summed E-state index contributed by atoms with van der Waals surface area (Å²) in [5.41, 5.74) is 0.334. The maximum atomic E-state index is 12.1. The molecule has 0 unspecified atom stereocenters. The predicted octanol–water partition coefficient (Wildman–Crippen LogP) is 3.20. The fourth-order valence-corrected chi connectivity index (χ4v) is 2.76. The van der Waals surface area contributed by atoms with Gasteiger partial charge in [0.15, 0.2) is 0 Å². The fraction of sp³-hybridized carbons (Fsp3) is 0.0833. The summed E-state index contributed by atoms with van der Waals surface area (Å²) in [6.07, 6.45) is 1.18. The molecule has 2 aromatic rings. The largest absolute Gasteiger partial charge is 0.495 e. The molecule has 0 aliphatic rings. The standard InChI is InChI=1S/C12H10Cl2N2O3S/c1-19-11-6-8(2-4-10(11)13)16-20(17,18)9-3-5-12(14)15-7-9/h2-7,16H,1H3. The summed E-state index contributed by atoms with van der Waals surface area (Å²) in [5, 5.41) is 0.612. The minimum absolute atomic E-state index is 0.0100. The summed E-state index contributed by atoms with van der Waals surface area (Å²) < 4.78 is 31.7. The molecule has 106 valence electrons. The molecule has 5 nitrogen and oxygen atoms in total. The van der Waals surface area contributed by atoms with Crippen molar-refractivity contribution in [3.8, 4) is 5.75 Å². The van der Waals surface area contributed by atoms with Crippen LogP contribution in [0.1, 0.15) is 0 Å². The number of pyridine rings is 1. The molecule has 0 radical (unpaired) electrons. The Morgan fingerprint density at radius 1 is 1.20 bits per heavy atom. The third kappa shape index (κ3) is 3.33. The van der Waals surface area contributed by atoms with E-state index in [4.69, 9.17) is 27.9 Å². The summed E-state index contributed by atoms with van der Waals surface area (Å²) in [4.78, 5) is 3.75. The number of anilines is 1. The lowest BCUT2D eigenvalue weighted by Crippen LogP contribution is -2.13. The number of hydrogen-bond acceptors (Lipinski definition) is 4. The summed E-state index contributed by atoms with van der Waals surface area (Å²) in [6.45, 7) is 0. The molecule has 0 aliphatic carbocycles. The fourth-order valence-electron chi connectivity index (χ4n) is 1.46. The van der Waals surface area contributed by atoms with Crippen LogP contribution in [0, 0.1) is 0 Å². The average molecular weight is 333 g/mol. The van der Waals surface area contributed by atoms with Crippen molar-refractivity contribution in [3.05, 3.63) is 46.7 Å². The van der Waals surface area contributed by atoms with Gasteiger partial charge in [-0.3, -0.25) is 4.72 Å². The summed E-state index contributed by atoms with van der Waals surface area (Å²) in [6, 6.07) is 7.33. The van der Waals surface area contributed by atoms with E-state index in [1.807, 2.05) is 0 Å². The summed E-state index contributed by atoms with van der Waals surface area (Å²) >= 11 is 11.5. The van der Waals surface area contributed by atoms with Crippen LogP contribution in [0.15, 0.2) is 41.4 Å². The minimum Gasteiger partial charge on any atom is -0.495 e.